The molecule has 80 valence electrons. The van der Waals surface area contributed by atoms with E-state index < -0.39 is 17.5 Å². The van der Waals surface area contributed by atoms with E-state index in [0.717, 1.165) is 0 Å². The van der Waals surface area contributed by atoms with Crippen LogP contribution in [0.3, 0.4) is 0 Å². The molecule has 1 rings (SSSR count). The number of carbonyl (C=O) groups excluding carboxylic acids is 2. The number of rotatable bonds is 2. The van der Waals surface area contributed by atoms with Gasteiger partial charge in [-0.05, 0) is 6.42 Å². The molecule has 0 aromatic rings. The van der Waals surface area contributed by atoms with Crippen LogP contribution >= 0.6 is 0 Å². The molecule has 4 N–H and O–H groups in total. The van der Waals surface area contributed by atoms with Crippen molar-refractivity contribution in [2.75, 3.05) is 20.2 Å². The van der Waals surface area contributed by atoms with Crippen molar-refractivity contribution in [3.63, 3.8) is 0 Å². The number of nitrogens with zero attached hydrogens (tertiary/aromatic N) is 1. The lowest BCUT2D eigenvalue weighted by Gasteiger charge is -2.22. The minimum Gasteiger partial charge on any atom is -0.453 e. The number of ether oxygens (including phenoxy) is 1. The summed E-state index contributed by atoms with van der Waals surface area (Å²) in [6, 6.07) is 0. The normalized spacial score (nSPS) is 26.3. The molecule has 6 heteroatoms. The Kier molecular flexibility index (Phi) is 2.95. The van der Waals surface area contributed by atoms with Gasteiger partial charge in [-0.25, -0.2) is 4.79 Å². The summed E-state index contributed by atoms with van der Waals surface area (Å²) in [5, 5.41) is 0. The first-order valence-electron chi connectivity index (χ1n) is 4.37. The third-order valence-electron chi connectivity index (χ3n) is 2.34. The molecule has 14 heavy (non-hydrogen) atoms. The summed E-state index contributed by atoms with van der Waals surface area (Å²) >= 11 is 0. The Morgan fingerprint density at radius 3 is 2.71 bits per heavy atom. The van der Waals surface area contributed by atoms with Crippen molar-refractivity contribution in [3.05, 3.63) is 0 Å². The molecule has 0 saturated carbocycles. The molecule has 0 radical (unpaired) electrons. The van der Waals surface area contributed by atoms with Crippen molar-refractivity contribution in [1.82, 2.24) is 4.90 Å². The lowest BCUT2D eigenvalue weighted by atomic mass is 9.95. The Morgan fingerprint density at radius 2 is 2.21 bits per heavy atom. The van der Waals surface area contributed by atoms with Gasteiger partial charge in [0.05, 0.1) is 7.11 Å². The van der Waals surface area contributed by atoms with E-state index in [4.69, 9.17) is 11.5 Å². The van der Waals surface area contributed by atoms with Crippen LogP contribution in [-0.4, -0.2) is 42.6 Å². The molecular weight excluding hydrogens is 186 g/mol. The highest BCUT2D eigenvalue weighted by atomic mass is 16.5. The van der Waals surface area contributed by atoms with Crippen LogP contribution in [0.4, 0.5) is 4.79 Å². The molecule has 1 heterocycles. The van der Waals surface area contributed by atoms with E-state index >= 15 is 0 Å². The third-order valence-corrected chi connectivity index (χ3v) is 2.34. The van der Waals surface area contributed by atoms with E-state index in [1.807, 2.05) is 0 Å². The molecule has 0 bridgehead atoms. The molecule has 0 aromatic heterocycles. The lowest BCUT2D eigenvalue weighted by molar-refractivity contribution is -0.119. The van der Waals surface area contributed by atoms with E-state index in [2.05, 4.69) is 4.74 Å². The van der Waals surface area contributed by atoms with Crippen LogP contribution in [0, 0.1) is 0 Å². The Balaban J connectivity index is 2.54. The largest absolute Gasteiger partial charge is 0.453 e. The standard InChI is InChI=1S/C8H15N3O3/c1-14-7(13)11-3-2-8(10,5-11)4-6(9)12/h2-5,10H2,1H3,(H2,9,12). The summed E-state index contributed by atoms with van der Waals surface area (Å²) in [7, 11) is 1.31. The topological polar surface area (TPSA) is 98.7 Å². The van der Waals surface area contributed by atoms with Crippen LogP contribution in [0.5, 0.6) is 0 Å². The van der Waals surface area contributed by atoms with Crippen LogP contribution in [0.2, 0.25) is 0 Å². The Bertz CT molecular complexity index is 256. The summed E-state index contributed by atoms with van der Waals surface area (Å²) in [6.45, 7) is 0.832. The van der Waals surface area contributed by atoms with Crippen LogP contribution in [0.25, 0.3) is 0 Å². The minimum absolute atomic E-state index is 0.0977. The summed E-state index contributed by atoms with van der Waals surface area (Å²) in [6.07, 6.45) is 0.257. The fourth-order valence-corrected chi connectivity index (χ4v) is 1.67. The molecular formula is C8H15N3O3. The number of hydrogen-bond acceptors (Lipinski definition) is 4. The zero-order valence-electron chi connectivity index (χ0n) is 8.16. The highest BCUT2D eigenvalue weighted by Gasteiger charge is 2.38. The summed E-state index contributed by atoms with van der Waals surface area (Å²) in [5.74, 6) is -0.445. The van der Waals surface area contributed by atoms with Crippen molar-refractivity contribution >= 4 is 12.0 Å². The van der Waals surface area contributed by atoms with Gasteiger partial charge < -0.3 is 21.1 Å². The SMILES string of the molecule is COC(=O)N1CCC(N)(CC(N)=O)C1. The molecule has 1 atom stereocenters. The van der Waals surface area contributed by atoms with Gasteiger partial charge >= 0.3 is 6.09 Å². The van der Waals surface area contributed by atoms with Crippen LogP contribution in [0.1, 0.15) is 12.8 Å². The molecule has 1 aliphatic heterocycles. The van der Waals surface area contributed by atoms with E-state index in [0.29, 0.717) is 19.5 Å². The fourth-order valence-electron chi connectivity index (χ4n) is 1.67. The Labute approximate surface area is 82.2 Å². The zero-order valence-corrected chi connectivity index (χ0v) is 8.16. The van der Waals surface area contributed by atoms with Gasteiger partial charge in [-0.3, -0.25) is 4.79 Å². The van der Waals surface area contributed by atoms with Gasteiger partial charge in [0.1, 0.15) is 0 Å². The molecule has 6 nitrogen and oxygen atoms in total. The second kappa shape index (κ2) is 3.83. The predicted octanol–water partition coefficient (Wildman–Crippen LogP) is -0.969. The average molecular weight is 201 g/mol. The number of methoxy groups -OCH3 is 1. The first-order valence-corrected chi connectivity index (χ1v) is 4.37. The maximum Gasteiger partial charge on any atom is 0.409 e. The molecule has 1 aliphatic rings. The zero-order chi connectivity index (χ0) is 10.8. The molecule has 0 aliphatic carbocycles. The highest BCUT2D eigenvalue weighted by Crippen LogP contribution is 2.22. The Hall–Kier alpha value is -1.30. The minimum atomic E-state index is -0.681. The average Bonchev–Trinajstić information content (AvgIpc) is 2.45. The van der Waals surface area contributed by atoms with Gasteiger partial charge in [-0.15, -0.1) is 0 Å². The van der Waals surface area contributed by atoms with Crippen LogP contribution in [-0.2, 0) is 9.53 Å². The third kappa shape index (κ3) is 2.35. The van der Waals surface area contributed by atoms with Gasteiger partial charge in [0.2, 0.25) is 5.91 Å². The molecule has 1 saturated heterocycles. The number of likely N-dealkylation sites (tertiary alicyclic amines) is 1. The van der Waals surface area contributed by atoms with Gasteiger partial charge in [-0.2, -0.15) is 0 Å². The van der Waals surface area contributed by atoms with Gasteiger partial charge in [0.25, 0.3) is 0 Å². The van der Waals surface area contributed by atoms with Crippen LogP contribution in [0.15, 0.2) is 0 Å². The highest BCUT2D eigenvalue weighted by molar-refractivity contribution is 5.75. The molecule has 0 spiro atoms. The smallest absolute Gasteiger partial charge is 0.409 e. The Morgan fingerprint density at radius 1 is 1.57 bits per heavy atom. The van der Waals surface area contributed by atoms with Crippen LogP contribution < -0.4 is 11.5 Å². The summed E-state index contributed by atoms with van der Waals surface area (Å²) in [4.78, 5) is 23.3. The summed E-state index contributed by atoms with van der Waals surface area (Å²) in [5.41, 5.74) is 10.3. The van der Waals surface area contributed by atoms with Crippen molar-refractivity contribution in [2.24, 2.45) is 11.5 Å². The monoisotopic (exact) mass is 201 g/mol. The van der Waals surface area contributed by atoms with E-state index in [-0.39, 0.29) is 6.42 Å². The first kappa shape index (κ1) is 10.8. The van der Waals surface area contributed by atoms with Crippen molar-refractivity contribution in [1.29, 1.82) is 0 Å². The van der Waals surface area contributed by atoms with Gasteiger partial charge in [-0.1, -0.05) is 0 Å². The second-order valence-electron chi connectivity index (χ2n) is 3.65. The van der Waals surface area contributed by atoms with E-state index in [9.17, 15) is 9.59 Å². The van der Waals surface area contributed by atoms with Gasteiger partial charge in [0.15, 0.2) is 0 Å². The predicted molar refractivity (Wildman–Crippen MR) is 49.3 cm³/mol. The van der Waals surface area contributed by atoms with Crippen molar-refractivity contribution < 1.29 is 14.3 Å². The van der Waals surface area contributed by atoms with E-state index in [1.165, 1.54) is 12.0 Å². The quantitative estimate of drug-likeness (QED) is 0.600. The number of nitrogens with two attached hydrogens (primary N) is 2. The molecule has 2 amide bonds. The number of carbonyl (C=O) groups is 2. The maximum absolute atomic E-state index is 11.1. The molecule has 1 fully saturated rings. The first-order chi connectivity index (χ1) is 6.47. The summed E-state index contributed by atoms with van der Waals surface area (Å²) < 4.78 is 4.55. The maximum atomic E-state index is 11.1. The lowest BCUT2D eigenvalue weighted by Crippen LogP contribution is -2.46. The number of hydrogen-bond donors (Lipinski definition) is 2. The number of primary amides is 1. The molecule has 0 aromatic carbocycles. The number of amides is 2. The molecule has 1 unspecified atom stereocenters. The van der Waals surface area contributed by atoms with Crippen molar-refractivity contribution in [3.8, 4) is 0 Å². The van der Waals surface area contributed by atoms with Gasteiger partial charge in [0, 0.05) is 25.0 Å². The van der Waals surface area contributed by atoms with E-state index in [1.54, 1.807) is 0 Å². The van der Waals surface area contributed by atoms with Crippen molar-refractivity contribution in [2.45, 2.75) is 18.4 Å². The fraction of sp³-hybridized carbons (Fsp3) is 0.750. The second-order valence-corrected chi connectivity index (χ2v) is 3.65.